The van der Waals surface area contributed by atoms with E-state index in [1.807, 2.05) is 6.20 Å². The monoisotopic (exact) mass is 163 g/mol. The van der Waals surface area contributed by atoms with E-state index < -0.39 is 0 Å². The molecule has 2 aliphatic rings. The number of H-pyrrole nitrogens is 1. The quantitative estimate of drug-likeness (QED) is 0.689. The third kappa shape index (κ3) is 0.894. The molecule has 0 spiro atoms. The smallest absolute Gasteiger partial charge is 0.126 e. The van der Waals surface area contributed by atoms with Crippen molar-refractivity contribution in [2.45, 2.75) is 37.1 Å². The number of nitrogens with one attached hydrogen (secondary N) is 1. The Hall–Kier alpha value is -0.830. The molecule has 3 nitrogen and oxygen atoms in total. The lowest BCUT2D eigenvalue weighted by Crippen LogP contribution is -2.20. The first-order valence-electron chi connectivity index (χ1n) is 4.62. The maximum atomic E-state index is 6.01. The SMILES string of the molecule is NC1(c2ncc(C3CC3)[nH]2)CC1. The second kappa shape index (κ2) is 1.91. The Kier molecular flexibility index (Phi) is 1.06. The van der Waals surface area contributed by atoms with Gasteiger partial charge in [0.25, 0.3) is 0 Å². The fourth-order valence-corrected chi connectivity index (χ4v) is 1.56. The van der Waals surface area contributed by atoms with Gasteiger partial charge in [-0.2, -0.15) is 0 Å². The maximum absolute atomic E-state index is 6.01. The van der Waals surface area contributed by atoms with Crippen molar-refractivity contribution in [2.24, 2.45) is 5.73 Å². The number of nitrogens with zero attached hydrogens (tertiary/aromatic N) is 1. The molecule has 3 rings (SSSR count). The van der Waals surface area contributed by atoms with Gasteiger partial charge in [0.15, 0.2) is 0 Å². The van der Waals surface area contributed by atoms with Gasteiger partial charge in [0.1, 0.15) is 5.82 Å². The van der Waals surface area contributed by atoms with Gasteiger partial charge in [-0.1, -0.05) is 0 Å². The highest BCUT2D eigenvalue weighted by Crippen LogP contribution is 2.43. The van der Waals surface area contributed by atoms with Gasteiger partial charge >= 0.3 is 0 Å². The standard InChI is InChI=1S/C9H13N3/c10-9(3-4-9)8-11-5-7(12-8)6-1-2-6/h5-6H,1-4,10H2,(H,11,12). The molecule has 3 N–H and O–H groups in total. The third-order valence-corrected chi connectivity index (χ3v) is 2.87. The van der Waals surface area contributed by atoms with E-state index in [1.165, 1.54) is 18.5 Å². The van der Waals surface area contributed by atoms with Gasteiger partial charge in [-0.25, -0.2) is 4.98 Å². The van der Waals surface area contributed by atoms with Crippen molar-refractivity contribution in [3.05, 3.63) is 17.7 Å². The topological polar surface area (TPSA) is 54.7 Å². The summed E-state index contributed by atoms with van der Waals surface area (Å²) < 4.78 is 0. The number of imidazole rings is 1. The minimum atomic E-state index is -0.0901. The van der Waals surface area contributed by atoms with Crippen LogP contribution in [0.25, 0.3) is 0 Å². The van der Waals surface area contributed by atoms with Crippen molar-refractivity contribution in [3.8, 4) is 0 Å². The highest BCUT2D eigenvalue weighted by molar-refractivity contribution is 5.21. The van der Waals surface area contributed by atoms with Crippen LogP contribution in [0.4, 0.5) is 0 Å². The number of aromatic nitrogens is 2. The summed E-state index contributed by atoms with van der Waals surface area (Å²) in [6.45, 7) is 0. The molecule has 0 bridgehead atoms. The lowest BCUT2D eigenvalue weighted by molar-refractivity contribution is 0.682. The predicted octanol–water partition coefficient (Wildman–Crippen LogP) is 1.23. The summed E-state index contributed by atoms with van der Waals surface area (Å²) >= 11 is 0. The van der Waals surface area contributed by atoms with Crippen LogP contribution < -0.4 is 5.73 Å². The van der Waals surface area contributed by atoms with E-state index in [4.69, 9.17) is 5.73 Å². The summed E-state index contributed by atoms with van der Waals surface area (Å²) in [4.78, 5) is 7.67. The number of hydrogen-bond acceptors (Lipinski definition) is 2. The molecule has 0 radical (unpaired) electrons. The van der Waals surface area contributed by atoms with E-state index >= 15 is 0 Å². The van der Waals surface area contributed by atoms with Gasteiger partial charge in [0, 0.05) is 17.8 Å². The average molecular weight is 163 g/mol. The van der Waals surface area contributed by atoms with Gasteiger partial charge in [0.05, 0.1) is 5.54 Å². The first-order valence-corrected chi connectivity index (χ1v) is 4.62. The number of aromatic amines is 1. The zero-order valence-corrected chi connectivity index (χ0v) is 7.01. The molecule has 0 saturated heterocycles. The van der Waals surface area contributed by atoms with Gasteiger partial charge < -0.3 is 10.7 Å². The molecule has 0 atom stereocenters. The molecule has 0 amide bonds. The van der Waals surface area contributed by atoms with Crippen molar-refractivity contribution >= 4 is 0 Å². The van der Waals surface area contributed by atoms with Crippen LogP contribution in [0.2, 0.25) is 0 Å². The van der Waals surface area contributed by atoms with Crippen molar-refractivity contribution in [1.82, 2.24) is 9.97 Å². The fraction of sp³-hybridized carbons (Fsp3) is 0.667. The minimum Gasteiger partial charge on any atom is -0.344 e. The molecule has 2 aliphatic carbocycles. The van der Waals surface area contributed by atoms with Crippen molar-refractivity contribution < 1.29 is 0 Å². The first-order chi connectivity index (χ1) is 5.78. The van der Waals surface area contributed by atoms with E-state index in [-0.39, 0.29) is 5.54 Å². The summed E-state index contributed by atoms with van der Waals surface area (Å²) in [6.07, 6.45) is 6.77. The number of nitrogens with two attached hydrogens (primary N) is 1. The van der Waals surface area contributed by atoms with Crippen molar-refractivity contribution in [2.75, 3.05) is 0 Å². The highest BCUT2D eigenvalue weighted by Gasteiger charge is 2.43. The fourth-order valence-electron chi connectivity index (χ4n) is 1.56. The lowest BCUT2D eigenvalue weighted by atomic mass is 10.3. The van der Waals surface area contributed by atoms with E-state index in [0.29, 0.717) is 0 Å². The predicted molar refractivity (Wildman–Crippen MR) is 45.7 cm³/mol. The molecule has 12 heavy (non-hydrogen) atoms. The molecule has 0 unspecified atom stereocenters. The Balaban J connectivity index is 1.91. The number of hydrogen-bond donors (Lipinski definition) is 2. The zero-order chi connectivity index (χ0) is 8.18. The Morgan fingerprint density at radius 3 is 2.83 bits per heavy atom. The maximum Gasteiger partial charge on any atom is 0.126 e. The largest absolute Gasteiger partial charge is 0.344 e. The Morgan fingerprint density at radius 1 is 1.50 bits per heavy atom. The van der Waals surface area contributed by atoms with Crippen LogP contribution in [0.5, 0.6) is 0 Å². The Bertz CT molecular complexity index is 307. The summed E-state index contributed by atoms with van der Waals surface area (Å²) in [7, 11) is 0. The van der Waals surface area contributed by atoms with Gasteiger partial charge in [-0.3, -0.25) is 0 Å². The molecule has 64 valence electrons. The zero-order valence-electron chi connectivity index (χ0n) is 7.01. The molecule has 2 fully saturated rings. The van der Waals surface area contributed by atoms with Crippen LogP contribution in [0.1, 0.15) is 43.1 Å². The van der Waals surface area contributed by atoms with Crippen molar-refractivity contribution in [1.29, 1.82) is 0 Å². The van der Waals surface area contributed by atoms with E-state index in [0.717, 1.165) is 24.6 Å². The summed E-state index contributed by atoms with van der Waals surface area (Å²) in [5, 5.41) is 0. The second-order valence-corrected chi connectivity index (χ2v) is 4.12. The molecule has 0 aliphatic heterocycles. The molecule has 2 saturated carbocycles. The number of rotatable bonds is 2. The molecule has 1 aromatic heterocycles. The molecule has 0 aromatic carbocycles. The van der Waals surface area contributed by atoms with Crippen LogP contribution in [-0.4, -0.2) is 9.97 Å². The molecular weight excluding hydrogens is 150 g/mol. The Morgan fingerprint density at radius 2 is 2.25 bits per heavy atom. The van der Waals surface area contributed by atoms with Crippen molar-refractivity contribution in [3.63, 3.8) is 0 Å². The average Bonchev–Trinajstić information content (AvgIpc) is 2.97. The second-order valence-electron chi connectivity index (χ2n) is 4.12. The normalized spacial score (nSPS) is 25.8. The van der Waals surface area contributed by atoms with E-state index in [2.05, 4.69) is 9.97 Å². The van der Waals surface area contributed by atoms with Crippen LogP contribution >= 0.6 is 0 Å². The van der Waals surface area contributed by atoms with Gasteiger partial charge in [-0.15, -0.1) is 0 Å². The van der Waals surface area contributed by atoms with E-state index in [9.17, 15) is 0 Å². The van der Waals surface area contributed by atoms with Crippen LogP contribution in [0, 0.1) is 0 Å². The molecule has 1 heterocycles. The summed E-state index contributed by atoms with van der Waals surface area (Å²) in [5.41, 5.74) is 7.21. The lowest BCUT2D eigenvalue weighted by Gasteiger charge is -2.02. The first kappa shape index (κ1) is 6.66. The molecule has 3 heteroatoms. The molecular formula is C9H13N3. The summed E-state index contributed by atoms with van der Waals surface area (Å²) in [6, 6.07) is 0. The summed E-state index contributed by atoms with van der Waals surface area (Å²) in [5.74, 6) is 1.76. The van der Waals surface area contributed by atoms with Gasteiger partial charge in [0.2, 0.25) is 0 Å². The van der Waals surface area contributed by atoms with Gasteiger partial charge in [-0.05, 0) is 25.7 Å². The van der Waals surface area contributed by atoms with Crippen LogP contribution in [0.3, 0.4) is 0 Å². The third-order valence-electron chi connectivity index (χ3n) is 2.87. The minimum absolute atomic E-state index is 0.0901. The Labute approximate surface area is 71.4 Å². The van der Waals surface area contributed by atoms with E-state index in [1.54, 1.807) is 0 Å². The highest BCUT2D eigenvalue weighted by atomic mass is 15.0. The molecule has 1 aromatic rings. The van der Waals surface area contributed by atoms with Crippen LogP contribution in [-0.2, 0) is 5.54 Å². The van der Waals surface area contributed by atoms with Crippen LogP contribution in [0.15, 0.2) is 6.20 Å².